The van der Waals surface area contributed by atoms with Gasteiger partial charge in [0.25, 0.3) is 11.5 Å². The number of carbonyl (C=O) groups excluding carboxylic acids is 1. The molecule has 136 valence electrons. The Hall–Kier alpha value is -1.44. The molecule has 1 fully saturated rings. The van der Waals surface area contributed by atoms with Gasteiger partial charge >= 0.3 is 0 Å². The van der Waals surface area contributed by atoms with Crippen LogP contribution in [-0.2, 0) is 13.0 Å². The highest BCUT2D eigenvalue weighted by Gasteiger charge is 2.34. The maximum absolute atomic E-state index is 13.0. The van der Waals surface area contributed by atoms with Crippen molar-refractivity contribution in [1.82, 2.24) is 14.5 Å². The Balaban J connectivity index is 0.00000182. The van der Waals surface area contributed by atoms with Gasteiger partial charge in [-0.2, -0.15) is 0 Å². The minimum Gasteiger partial charge on any atom is -0.335 e. The summed E-state index contributed by atoms with van der Waals surface area (Å²) in [5.41, 5.74) is 6.56. The molecular weight excluding hydrogens is 360 g/mol. The fourth-order valence-electron chi connectivity index (χ4n) is 4.01. The van der Waals surface area contributed by atoms with E-state index < -0.39 is 0 Å². The third-order valence-corrected chi connectivity index (χ3v) is 6.54. The van der Waals surface area contributed by atoms with Crippen molar-refractivity contribution in [2.24, 2.45) is 11.7 Å². The van der Waals surface area contributed by atoms with Crippen LogP contribution in [0.15, 0.2) is 4.79 Å². The molecule has 4 heterocycles. The van der Waals surface area contributed by atoms with Crippen molar-refractivity contribution in [3.8, 4) is 0 Å². The van der Waals surface area contributed by atoms with Gasteiger partial charge in [0.2, 0.25) is 0 Å². The number of amides is 1. The molecule has 4 rings (SSSR count). The van der Waals surface area contributed by atoms with Gasteiger partial charge in [0.1, 0.15) is 10.7 Å². The van der Waals surface area contributed by atoms with E-state index in [1.54, 1.807) is 4.57 Å². The lowest BCUT2D eigenvalue weighted by molar-refractivity contribution is 0.0748. The molecule has 2 aromatic heterocycles. The minimum absolute atomic E-state index is 0. The summed E-state index contributed by atoms with van der Waals surface area (Å²) in [6, 6.07) is 0.190. The molecule has 0 aliphatic carbocycles. The summed E-state index contributed by atoms with van der Waals surface area (Å²) in [5.74, 6) is 1.24. The molecule has 2 aliphatic rings. The Bertz CT molecular complexity index is 891. The molecule has 0 aromatic carbocycles. The van der Waals surface area contributed by atoms with Gasteiger partial charge in [-0.05, 0) is 44.7 Å². The van der Waals surface area contributed by atoms with E-state index in [1.807, 2.05) is 11.8 Å². The summed E-state index contributed by atoms with van der Waals surface area (Å²) in [6.45, 7) is 5.98. The summed E-state index contributed by atoms with van der Waals surface area (Å²) >= 11 is 1.36. The molecule has 0 bridgehead atoms. The number of thiophene rings is 1. The summed E-state index contributed by atoms with van der Waals surface area (Å²) < 4.78 is 1.76. The van der Waals surface area contributed by atoms with Crippen molar-refractivity contribution in [1.29, 1.82) is 0 Å². The highest BCUT2D eigenvalue weighted by atomic mass is 35.5. The normalized spacial score (nSPS) is 22.3. The van der Waals surface area contributed by atoms with Crippen LogP contribution in [0.25, 0.3) is 10.2 Å². The number of halogens is 1. The highest BCUT2D eigenvalue weighted by Crippen LogP contribution is 2.32. The van der Waals surface area contributed by atoms with Gasteiger partial charge < -0.3 is 10.6 Å². The first-order chi connectivity index (χ1) is 11.5. The summed E-state index contributed by atoms with van der Waals surface area (Å²) in [7, 11) is 0. The zero-order chi connectivity index (χ0) is 17.0. The summed E-state index contributed by atoms with van der Waals surface area (Å²) in [5, 5.41) is 0.622. The Morgan fingerprint density at radius 1 is 1.44 bits per heavy atom. The Kier molecular flexibility index (Phi) is 4.92. The van der Waals surface area contributed by atoms with E-state index in [0.717, 1.165) is 37.2 Å². The van der Waals surface area contributed by atoms with E-state index >= 15 is 0 Å². The van der Waals surface area contributed by atoms with E-state index in [2.05, 4.69) is 11.9 Å². The standard InChI is InChI=1S/C17H22N4O2S.ClH/c1-9-6-11(7-18)8-21(9)17(23)14-10(2)13-15(24-14)19-12-4-3-5-20(12)16(13)22;/h9,11H,3-8,18H2,1-2H3;1H. The fourth-order valence-corrected chi connectivity index (χ4v) is 5.15. The maximum atomic E-state index is 13.0. The lowest BCUT2D eigenvalue weighted by Gasteiger charge is -2.21. The maximum Gasteiger partial charge on any atom is 0.264 e. The lowest BCUT2D eigenvalue weighted by Crippen LogP contribution is -2.34. The first-order valence-electron chi connectivity index (χ1n) is 8.55. The van der Waals surface area contributed by atoms with Crippen LogP contribution in [0.1, 0.15) is 40.8 Å². The van der Waals surface area contributed by atoms with Crippen molar-refractivity contribution < 1.29 is 4.79 Å². The molecule has 1 saturated heterocycles. The van der Waals surface area contributed by atoms with E-state index in [9.17, 15) is 9.59 Å². The largest absolute Gasteiger partial charge is 0.335 e. The number of aryl methyl sites for hydroxylation is 2. The van der Waals surface area contributed by atoms with Gasteiger partial charge in [-0.3, -0.25) is 14.2 Å². The van der Waals surface area contributed by atoms with E-state index in [-0.39, 0.29) is 29.9 Å². The molecule has 2 aromatic rings. The highest BCUT2D eigenvalue weighted by molar-refractivity contribution is 7.20. The van der Waals surface area contributed by atoms with E-state index in [4.69, 9.17) is 5.73 Å². The average molecular weight is 383 g/mol. The third-order valence-electron chi connectivity index (χ3n) is 5.36. The van der Waals surface area contributed by atoms with Crippen LogP contribution in [-0.4, -0.2) is 39.5 Å². The second-order valence-electron chi connectivity index (χ2n) is 6.97. The molecular formula is C17H23ClN4O2S. The molecule has 1 amide bonds. The quantitative estimate of drug-likeness (QED) is 0.860. The predicted octanol–water partition coefficient (Wildman–Crippen LogP) is 1.94. The van der Waals surface area contributed by atoms with Crippen molar-refractivity contribution in [2.45, 2.75) is 45.7 Å². The second-order valence-corrected chi connectivity index (χ2v) is 7.97. The number of hydrogen-bond acceptors (Lipinski definition) is 5. The van der Waals surface area contributed by atoms with Crippen LogP contribution in [0.4, 0.5) is 0 Å². The molecule has 25 heavy (non-hydrogen) atoms. The predicted molar refractivity (Wildman–Crippen MR) is 102 cm³/mol. The number of fused-ring (bicyclic) bond motifs is 2. The summed E-state index contributed by atoms with van der Waals surface area (Å²) in [4.78, 5) is 33.7. The number of aromatic nitrogens is 2. The molecule has 0 radical (unpaired) electrons. The van der Waals surface area contributed by atoms with Crippen LogP contribution in [0.5, 0.6) is 0 Å². The topological polar surface area (TPSA) is 81.2 Å². The molecule has 0 spiro atoms. The molecule has 2 unspecified atom stereocenters. The van der Waals surface area contributed by atoms with Gasteiger partial charge in [0, 0.05) is 25.6 Å². The summed E-state index contributed by atoms with van der Waals surface area (Å²) in [6.07, 6.45) is 2.75. The lowest BCUT2D eigenvalue weighted by atomic mass is 10.1. The number of nitrogens with two attached hydrogens (primary N) is 1. The zero-order valence-corrected chi connectivity index (χ0v) is 16.1. The first kappa shape index (κ1) is 18.4. The average Bonchev–Trinajstić information content (AvgIpc) is 3.24. The van der Waals surface area contributed by atoms with Crippen LogP contribution in [0.3, 0.4) is 0 Å². The van der Waals surface area contributed by atoms with E-state index in [1.165, 1.54) is 11.3 Å². The van der Waals surface area contributed by atoms with Crippen LogP contribution in [0.2, 0.25) is 0 Å². The SMILES string of the molecule is Cc1c(C(=O)N2CC(CN)CC2C)sc2nc3n(c(=O)c12)CCC3.Cl. The minimum atomic E-state index is 0. The Morgan fingerprint density at radius 3 is 2.88 bits per heavy atom. The Labute approximate surface area is 156 Å². The number of hydrogen-bond donors (Lipinski definition) is 1. The molecule has 2 aliphatic heterocycles. The third kappa shape index (κ3) is 2.78. The van der Waals surface area contributed by atoms with Crippen LogP contribution in [0, 0.1) is 12.8 Å². The molecule has 2 atom stereocenters. The van der Waals surface area contributed by atoms with Crippen molar-refractivity contribution in [3.05, 3.63) is 26.6 Å². The van der Waals surface area contributed by atoms with Crippen molar-refractivity contribution >= 4 is 39.9 Å². The number of likely N-dealkylation sites (tertiary alicyclic amines) is 1. The van der Waals surface area contributed by atoms with Crippen molar-refractivity contribution in [3.63, 3.8) is 0 Å². The molecule has 0 saturated carbocycles. The van der Waals surface area contributed by atoms with Crippen LogP contribution < -0.4 is 11.3 Å². The number of rotatable bonds is 2. The van der Waals surface area contributed by atoms with Crippen LogP contribution >= 0.6 is 23.7 Å². The van der Waals surface area contributed by atoms with Gasteiger partial charge in [-0.25, -0.2) is 4.98 Å². The smallest absolute Gasteiger partial charge is 0.264 e. The molecule has 8 heteroatoms. The number of carbonyl (C=O) groups is 1. The second kappa shape index (κ2) is 6.70. The monoisotopic (exact) mass is 382 g/mol. The first-order valence-corrected chi connectivity index (χ1v) is 9.36. The Morgan fingerprint density at radius 2 is 2.20 bits per heavy atom. The fraction of sp³-hybridized carbons (Fsp3) is 0.588. The van der Waals surface area contributed by atoms with E-state index in [0.29, 0.717) is 34.1 Å². The van der Waals surface area contributed by atoms with Gasteiger partial charge in [-0.1, -0.05) is 0 Å². The van der Waals surface area contributed by atoms with Gasteiger partial charge in [0.05, 0.1) is 10.3 Å². The number of nitrogens with zero attached hydrogens (tertiary/aromatic N) is 3. The van der Waals surface area contributed by atoms with Gasteiger partial charge in [0.15, 0.2) is 0 Å². The molecule has 6 nitrogen and oxygen atoms in total. The van der Waals surface area contributed by atoms with Gasteiger partial charge in [-0.15, -0.1) is 23.7 Å². The zero-order valence-electron chi connectivity index (χ0n) is 14.4. The van der Waals surface area contributed by atoms with Crippen molar-refractivity contribution in [2.75, 3.05) is 13.1 Å². The molecule has 2 N–H and O–H groups in total.